The van der Waals surface area contributed by atoms with E-state index in [0.29, 0.717) is 23.0 Å². The van der Waals surface area contributed by atoms with Crippen molar-refractivity contribution in [1.29, 1.82) is 0 Å². The molecule has 8 aromatic rings. The average Bonchev–Trinajstić information content (AvgIpc) is 3.92. The lowest BCUT2D eigenvalue weighted by Gasteiger charge is -2.09. The molecular weight excluding hydrogens is 738 g/mol. The normalized spacial score (nSPS) is 10.6. The maximum Gasteiger partial charge on any atom is 0.227 e. The van der Waals surface area contributed by atoms with Gasteiger partial charge in [-0.05, 0) is 53.1 Å². The number of nitrogens with one attached hydrogen (secondary N) is 1. The molecule has 0 radical (unpaired) electrons. The first-order chi connectivity index (χ1) is 26.1. The quantitative estimate of drug-likeness (QED) is 0.109. The van der Waals surface area contributed by atoms with Crippen LogP contribution in [0, 0.1) is 0 Å². The molecule has 0 aliphatic carbocycles. The van der Waals surface area contributed by atoms with Crippen molar-refractivity contribution in [1.82, 2.24) is 25.6 Å². The largest absolute Gasteiger partial charge is 0.485 e. The summed E-state index contributed by atoms with van der Waals surface area (Å²) in [5, 5.41) is 13.9. The SMILES string of the molecule is C.O=C(/C=C/c1ccccc1)c1ccccc1Br.c1ccc(-c2nc(-c3ccccc3-c3cccc(OCc4nn[nH]n4)c3)oc2-c2ccccc2)cc1. The summed E-state index contributed by atoms with van der Waals surface area (Å²) in [5.41, 5.74) is 7.36. The molecule has 8 nitrogen and oxygen atoms in total. The Labute approximate surface area is 322 Å². The summed E-state index contributed by atoms with van der Waals surface area (Å²) in [5.74, 6) is 2.49. The summed E-state index contributed by atoms with van der Waals surface area (Å²) in [6.07, 6.45) is 3.41. The Balaban J connectivity index is 0.000000233. The van der Waals surface area contributed by atoms with Gasteiger partial charge >= 0.3 is 0 Å². The number of halogens is 1. The van der Waals surface area contributed by atoms with E-state index in [9.17, 15) is 4.79 Å². The lowest BCUT2D eigenvalue weighted by atomic mass is 9.99. The Hall–Kier alpha value is -6.71. The summed E-state index contributed by atoms with van der Waals surface area (Å²) in [7, 11) is 0. The molecule has 2 heterocycles. The number of H-pyrrole nitrogens is 1. The van der Waals surface area contributed by atoms with Gasteiger partial charge in [0.05, 0.1) is 0 Å². The van der Waals surface area contributed by atoms with Gasteiger partial charge in [-0.2, -0.15) is 5.21 Å². The van der Waals surface area contributed by atoms with Gasteiger partial charge in [-0.3, -0.25) is 4.79 Å². The number of oxazole rings is 1. The molecule has 0 bridgehead atoms. The van der Waals surface area contributed by atoms with Crippen LogP contribution in [0.2, 0.25) is 0 Å². The molecule has 0 saturated heterocycles. The molecule has 2 aromatic heterocycles. The van der Waals surface area contributed by atoms with Crippen LogP contribution in [0.4, 0.5) is 0 Å². The first kappa shape index (κ1) is 37.1. The molecule has 0 aliphatic heterocycles. The first-order valence-corrected chi connectivity index (χ1v) is 17.6. The summed E-state index contributed by atoms with van der Waals surface area (Å²) in [6.45, 7) is 0.224. The number of aromatic amines is 1. The second kappa shape index (κ2) is 18.2. The van der Waals surface area contributed by atoms with Crippen LogP contribution < -0.4 is 4.74 Å². The van der Waals surface area contributed by atoms with Gasteiger partial charge in [-0.1, -0.05) is 168 Å². The Kier molecular flexibility index (Phi) is 12.5. The van der Waals surface area contributed by atoms with Gasteiger partial charge in [0, 0.05) is 26.7 Å². The van der Waals surface area contributed by atoms with E-state index in [2.05, 4.69) is 42.6 Å². The number of aromatic nitrogens is 5. The summed E-state index contributed by atoms with van der Waals surface area (Å²) in [6, 6.07) is 53.3. The predicted molar refractivity (Wildman–Crippen MR) is 217 cm³/mol. The van der Waals surface area contributed by atoms with Crippen molar-refractivity contribution in [3.63, 3.8) is 0 Å². The molecule has 0 unspecified atom stereocenters. The zero-order chi connectivity index (χ0) is 36.2. The molecule has 266 valence electrons. The molecule has 0 fully saturated rings. The summed E-state index contributed by atoms with van der Waals surface area (Å²) < 4.78 is 13.2. The second-order valence-corrected chi connectivity index (χ2v) is 12.6. The Morgan fingerprint density at radius 3 is 2.04 bits per heavy atom. The number of carbonyl (C=O) groups is 1. The van der Waals surface area contributed by atoms with Crippen LogP contribution in [-0.2, 0) is 6.61 Å². The first-order valence-electron chi connectivity index (χ1n) is 16.8. The number of ketones is 1. The van der Waals surface area contributed by atoms with Crippen molar-refractivity contribution in [3.8, 4) is 50.9 Å². The Morgan fingerprint density at radius 2 is 1.33 bits per heavy atom. The highest BCUT2D eigenvalue weighted by atomic mass is 79.9. The molecule has 6 aromatic carbocycles. The molecule has 0 atom stereocenters. The van der Waals surface area contributed by atoms with Crippen molar-refractivity contribution < 1.29 is 13.9 Å². The minimum atomic E-state index is 0. The van der Waals surface area contributed by atoms with E-state index in [4.69, 9.17) is 14.1 Å². The minimum Gasteiger partial charge on any atom is -0.485 e. The van der Waals surface area contributed by atoms with Crippen LogP contribution in [0.5, 0.6) is 5.75 Å². The monoisotopic (exact) mass is 773 g/mol. The number of benzene rings is 6. The van der Waals surface area contributed by atoms with E-state index >= 15 is 0 Å². The molecule has 1 N–H and O–H groups in total. The van der Waals surface area contributed by atoms with E-state index in [0.717, 1.165) is 49.3 Å². The molecule has 0 saturated carbocycles. The number of hydrogen-bond donors (Lipinski definition) is 1. The third-order valence-electron chi connectivity index (χ3n) is 8.14. The smallest absolute Gasteiger partial charge is 0.227 e. The van der Waals surface area contributed by atoms with Crippen LogP contribution in [0.1, 0.15) is 29.2 Å². The maximum atomic E-state index is 11.9. The number of allylic oxidation sites excluding steroid dienone is 1. The predicted octanol–water partition coefficient (Wildman–Crippen LogP) is 11.4. The Morgan fingerprint density at radius 1 is 0.704 bits per heavy atom. The molecule has 8 rings (SSSR count). The lowest BCUT2D eigenvalue weighted by Crippen LogP contribution is -1.98. The molecular formula is C45H36BrN5O3. The van der Waals surface area contributed by atoms with Crippen molar-refractivity contribution in [2.24, 2.45) is 0 Å². The number of carbonyl (C=O) groups excluding carboxylic acids is 1. The van der Waals surface area contributed by atoms with Crippen molar-refractivity contribution >= 4 is 27.8 Å². The fourth-order valence-corrected chi connectivity index (χ4v) is 6.05. The van der Waals surface area contributed by atoms with Crippen LogP contribution in [-0.4, -0.2) is 31.4 Å². The number of hydrogen-bond acceptors (Lipinski definition) is 7. The van der Waals surface area contributed by atoms with E-state index in [1.165, 1.54) is 0 Å². The van der Waals surface area contributed by atoms with Gasteiger partial charge in [0.1, 0.15) is 11.4 Å². The Bertz CT molecular complexity index is 2370. The fraction of sp³-hybridized carbons (Fsp3) is 0.0444. The van der Waals surface area contributed by atoms with Gasteiger partial charge in [0.15, 0.2) is 18.2 Å². The van der Waals surface area contributed by atoms with Crippen LogP contribution in [0.3, 0.4) is 0 Å². The molecule has 9 heteroatoms. The molecule has 54 heavy (non-hydrogen) atoms. The van der Waals surface area contributed by atoms with E-state index < -0.39 is 0 Å². The fourth-order valence-electron chi connectivity index (χ4n) is 5.57. The standard InChI is InChI=1S/C29H21N5O2.C15H11BrO.CH4/c1-3-10-20(11-4-1)27-28(21-12-5-2-6-13-21)36-29(30-27)25-17-8-7-16-24(25)22-14-9-15-23(18-22)35-19-26-31-33-34-32-26;16-14-9-5-4-8-13(14)15(17)11-10-12-6-2-1-3-7-12;/h1-18H,19H2,(H,31,32,33,34);1-11H;1H4/b;11-10+;. The van der Waals surface area contributed by atoms with Gasteiger partial charge in [-0.15, -0.1) is 10.2 Å². The van der Waals surface area contributed by atoms with Gasteiger partial charge in [0.2, 0.25) is 11.7 Å². The highest BCUT2D eigenvalue weighted by Crippen LogP contribution is 2.39. The topological polar surface area (TPSA) is 107 Å². The highest BCUT2D eigenvalue weighted by Gasteiger charge is 2.20. The van der Waals surface area contributed by atoms with Crippen LogP contribution in [0.25, 0.3) is 51.2 Å². The number of tetrazole rings is 1. The number of rotatable bonds is 10. The third-order valence-corrected chi connectivity index (χ3v) is 8.83. The number of ether oxygens (including phenoxy) is 1. The maximum absolute atomic E-state index is 11.9. The van der Waals surface area contributed by atoms with Crippen LogP contribution >= 0.6 is 15.9 Å². The zero-order valence-corrected chi connectivity index (χ0v) is 29.9. The highest BCUT2D eigenvalue weighted by molar-refractivity contribution is 9.10. The average molecular weight is 775 g/mol. The van der Waals surface area contributed by atoms with E-state index in [1.807, 2.05) is 164 Å². The van der Waals surface area contributed by atoms with Crippen LogP contribution in [0.15, 0.2) is 179 Å². The van der Waals surface area contributed by atoms with Gasteiger partial charge < -0.3 is 9.15 Å². The number of nitrogens with zero attached hydrogens (tertiary/aromatic N) is 4. The molecule has 0 amide bonds. The zero-order valence-electron chi connectivity index (χ0n) is 28.3. The van der Waals surface area contributed by atoms with Crippen molar-refractivity contribution in [2.75, 3.05) is 0 Å². The van der Waals surface area contributed by atoms with E-state index in [1.54, 1.807) is 6.08 Å². The molecule has 0 aliphatic rings. The summed E-state index contributed by atoms with van der Waals surface area (Å²) >= 11 is 3.37. The molecule has 0 spiro atoms. The lowest BCUT2D eigenvalue weighted by molar-refractivity contribution is 0.104. The van der Waals surface area contributed by atoms with E-state index in [-0.39, 0.29) is 19.8 Å². The van der Waals surface area contributed by atoms with Gasteiger partial charge in [0.25, 0.3) is 0 Å². The minimum absolute atomic E-state index is 0. The van der Waals surface area contributed by atoms with Crippen molar-refractivity contribution in [3.05, 3.63) is 191 Å². The van der Waals surface area contributed by atoms with Crippen molar-refractivity contribution in [2.45, 2.75) is 14.0 Å². The second-order valence-electron chi connectivity index (χ2n) is 11.7. The third kappa shape index (κ3) is 9.20. The summed E-state index contributed by atoms with van der Waals surface area (Å²) in [4.78, 5) is 16.9. The van der Waals surface area contributed by atoms with Gasteiger partial charge in [-0.25, -0.2) is 4.98 Å².